The lowest BCUT2D eigenvalue weighted by atomic mass is 10.1. The van der Waals surface area contributed by atoms with Crippen molar-refractivity contribution in [1.82, 2.24) is 4.90 Å². The minimum Gasteiger partial charge on any atom is -0.298 e. The Morgan fingerprint density at radius 2 is 0.676 bits per heavy atom. The van der Waals surface area contributed by atoms with Crippen LogP contribution >= 0.6 is 0 Å². The van der Waals surface area contributed by atoms with Gasteiger partial charge in [0.05, 0.1) is 0 Å². The number of nitrogens with zero attached hydrogens (tertiary/aromatic N) is 7. The maximum Gasteiger partial charge on any atom is 0.243 e. The van der Waals surface area contributed by atoms with Crippen molar-refractivity contribution < 1.29 is 14.4 Å². The van der Waals surface area contributed by atoms with Crippen LogP contribution in [0.15, 0.2) is 103 Å². The average Bonchev–Trinajstić information content (AvgIpc) is 2.97. The second-order valence-corrected chi connectivity index (χ2v) is 8.10. The second kappa shape index (κ2) is 8.93. The van der Waals surface area contributed by atoms with Crippen molar-refractivity contribution >= 4 is 54.2 Å². The van der Waals surface area contributed by atoms with Crippen molar-refractivity contribution in [2.75, 3.05) is 0 Å². The number of hydrogen-bond donors (Lipinski definition) is 0. The normalized spacial score (nSPS) is 15.7. The summed E-state index contributed by atoms with van der Waals surface area (Å²) in [5.41, 5.74) is 3.62. The zero-order chi connectivity index (χ0) is 25.4. The van der Waals surface area contributed by atoms with Crippen molar-refractivity contribution in [1.29, 1.82) is 0 Å². The molecule has 0 aromatic heterocycles. The lowest BCUT2D eigenvalue weighted by Gasteiger charge is -2.30. The largest absolute Gasteiger partial charge is 0.298 e. The molecule has 37 heavy (non-hydrogen) atoms. The van der Waals surface area contributed by atoms with E-state index in [2.05, 4.69) is 30.0 Å². The van der Waals surface area contributed by atoms with E-state index in [9.17, 15) is 14.4 Å². The number of aldehydes is 3. The second-order valence-electron chi connectivity index (χ2n) is 8.10. The van der Waals surface area contributed by atoms with E-state index in [1.165, 1.54) is 0 Å². The van der Waals surface area contributed by atoms with Gasteiger partial charge in [0.15, 0.2) is 17.5 Å². The molecule has 3 aliphatic rings. The van der Waals surface area contributed by atoms with E-state index in [1.54, 1.807) is 77.7 Å². The van der Waals surface area contributed by atoms with Crippen molar-refractivity contribution in [3.05, 3.63) is 106 Å². The van der Waals surface area contributed by atoms with Crippen LogP contribution in [0.25, 0.3) is 0 Å². The number of carbonyl (C=O) groups excluding carboxylic acids is 3. The first-order valence-corrected chi connectivity index (χ1v) is 11.1. The Kier molecular flexibility index (Phi) is 5.31. The molecule has 0 saturated heterocycles. The summed E-state index contributed by atoms with van der Waals surface area (Å²) in [5.74, 6) is 1.92. The molecule has 0 amide bonds. The first-order chi connectivity index (χ1) is 18.1. The molecule has 0 aliphatic carbocycles. The molecule has 0 N–H and O–H groups in total. The highest BCUT2D eigenvalue weighted by molar-refractivity contribution is 6.34. The lowest BCUT2D eigenvalue weighted by Crippen LogP contribution is -2.48. The van der Waals surface area contributed by atoms with Crippen LogP contribution < -0.4 is 0 Å². The lowest BCUT2D eigenvalue weighted by molar-refractivity contribution is 0.111. The highest BCUT2D eigenvalue weighted by Crippen LogP contribution is 2.23. The number of rotatable bonds is 6. The summed E-state index contributed by atoms with van der Waals surface area (Å²) < 4.78 is 0. The Bertz CT molecular complexity index is 1440. The fourth-order valence-corrected chi connectivity index (χ4v) is 3.81. The summed E-state index contributed by atoms with van der Waals surface area (Å²) in [5, 5.41) is 0. The maximum absolute atomic E-state index is 11.1. The van der Waals surface area contributed by atoms with Gasteiger partial charge in [0.25, 0.3) is 0 Å². The molecule has 0 saturated carbocycles. The summed E-state index contributed by atoms with van der Waals surface area (Å²) in [4.78, 5) is 62.6. The van der Waals surface area contributed by atoms with E-state index in [0.717, 1.165) is 18.9 Å². The van der Waals surface area contributed by atoms with Gasteiger partial charge in [-0.2, -0.15) is 30.0 Å². The molecule has 6 rings (SSSR count). The smallest absolute Gasteiger partial charge is 0.243 e. The van der Waals surface area contributed by atoms with Crippen molar-refractivity contribution in [2.24, 2.45) is 30.0 Å². The van der Waals surface area contributed by atoms with E-state index >= 15 is 0 Å². The third-order valence-electron chi connectivity index (χ3n) is 5.75. The monoisotopic (exact) mass is 485 g/mol. The summed E-state index contributed by atoms with van der Waals surface area (Å²) in [6.45, 7) is 0. The van der Waals surface area contributed by atoms with Crippen molar-refractivity contribution in [3.63, 3.8) is 0 Å². The number of amidine groups is 3. The Labute approximate surface area is 209 Å². The van der Waals surface area contributed by atoms with Gasteiger partial charge in [0.2, 0.25) is 17.9 Å². The average molecular weight is 485 g/mol. The summed E-state index contributed by atoms with van der Waals surface area (Å²) >= 11 is 0. The molecule has 176 valence electrons. The van der Waals surface area contributed by atoms with Gasteiger partial charge in [-0.25, -0.2) is 4.90 Å². The zero-order valence-electron chi connectivity index (χ0n) is 19.0. The molecule has 0 radical (unpaired) electrons. The van der Waals surface area contributed by atoms with Crippen LogP contribution in [-0.4, -0.2) is 59.1 Å². The number of benzene rings is 3. The highest BCUT2D eigenvalue weighted by atomic mass is 16.1. The Balaban J connectivity index is 1.50. The first kappa shape index (κ1) is 22.0. The first-order valence-electron chi connectivity index (χ1n) is 11.1. The molecule has 0 unspecified atom stereocenters. The van der Waals surface area contributed by atoms with Crippen molar-refractivity contribution in [2.45, 2.75) is 0 Å². The fourth-order valence-electron chi connectivity index (χ4n) is 3.81. The molecular formula is C27H15N7O3. The maximum atomic E-state index is 11.1. The number of aliphatic imine (C=N–C) groups is 6. The minimum atomic E-state index is 0.279. The van der Waals surface area contributed by atoms with Crippen LogP contribution in [-0.2, 0) is 0 Å². The molecule has 3 aliphatic heterocycles. The van der Waals surface area contributed by atoms with Crippen LogP contribution in [0.3, 0.4) is 0 Å². The quantitative estimate of drug-likeness (QED) is 0.497. The summed E-state index contributed by atoms with van der Waals surface area (Å²) in [6, 6.07) is 20.6. The minimum absolute atomic E-state index is 0.279. The van der Waals surface area contributed by atoms with Gasteiger partial charge in [-0.3, -0.25) is 14.4 Å². The van der Waals surface area contributed by atoms with Gasteiger partial charge in [0, 0.05) is 33.4 Å². The molecule has 3 aromatic rings. The number of carbonyl (C=O) groups is 3. The van der Waals surface area contributed by atoms with E-state index in [0.29, 0.717) is 50.9 Å². The molecule has 10 heteroatoms. The van der Waals surface area contributed by atoms with Gasteiger partial charge in [-0.05, 0) is 0 Å². The molecule has 10 nitrogen and oxygen atoms in total. The Morgan fingerprint density at radius 1 is 0.405 bits per heavy atom. The highest BCUT2D eigenvalue weighted by Gasteiger charge is 2.35. The van der Waals surface area contributed by atoms with Crippen LogP contribution in [0.5, 0.6) is 0 Å². The van der Waals surface area contributed by atoms with Gasteiger partial charge in [-0.15, -0.1) is 0 Å². The molecule has 0 fully saturated rings. The third-order valence-corrected chi connectivity index (χ3v) is 5.75. The zero-order valence-corrected chi connectivity index (χ0v) is 19.0. The Morgan fingerprint density at radius 3 is 0.919 bits per heavy atom. The van der Waals surface area contributed by atoms with Crippen LogP contribution in [0.4, 0.5) is 0 Å². The fraction of sp³-hybridized carbons (Fsp3) is 0. The summed E-state index contributed by atoms with van der Waals surface area (Å²) in [6.07, 6.45) is 2.29. The molecule has 3 heterocycles. The van der Waals surface area contributed by atoms with Crippen molar-refractivity contribution in [3.8, 4) is 0 Å². The van der Waals surface area contributed by atoms with E-state index in [1.807, 2.05) is 0 Å². The van der Waals surface area contributed by atoms with Gasteiger partial charge >= 0.3 is 0 Å². The standard InChI is InChI=1S/C27H15N7O3/c35-13-16-1-7-19(8-2-16)22-28-25-30-23(20-9-3-17(14-36)4-10-20)32-27-33-24(31-26(29-22)34(25)27)21-11-5-18(15-37)6-12-21/h1-15H. The number of hydrogen-bond acceptors (Lipinski definition) is 10. The topological polar surface area (TPSA) is 129 Å². The van der Waals surface area contributed by atoms with Crippen LogP contribution in [0, 0.1) is 0 Å². The molecule has 0 spiro atoms. The van der Waals surface area contributed by atoms with E-state index < -0.39 is 0 Å². The van der Waals surface area contributed by atoms with Gasteiger partial charge in [-0.1, -0.05) is 72.8 Å². The van der Waals surface area contributed by atoms with Gasteiger partial charge < -0.3 is 0 Å². The molecule has 0 atom stereocenters. The van der Waals surface area contributed by atoms with E-state index in [4.69, 9.17) is 0 Å². The summed E-state index contributed by atoms with van der Waals surface area (Å²) in [7, 11) is 0. The molecule has 0 bridgehead atoms. The third kappa shape index (κ3) is 4.02. The Hall–Kier alpha value is -5.51. The predicted molar refractivity (Wildman–Crippen MR) is 139 cm³/mol. The molecular weight excluding hydrogens is 470 g/mol. The molecule has 3 aromatic carbocycles. The predicted octanol–water partition coefficient (Wildman–Crippen LogP) is 3.18. The van der Waals surface area contributed by atoms with Crippen LogP contribution in [0.2, 0.25) is 0 Å². The van der Waals surface area contributed by atoms with E-state index in [-0.39, 0.29) is 17.9 Å². The number of guanidine groups is 3. The van der Waals surface area contributed by atoms with Gasteiger partial charge in [0.1, 0.15) is 18.9 Å². The van der Waals surface area contributed by atoms with Crippen LogP contribution in [0.1, 0.15) is 47.8 Å². The SMILES string of the molecule is O=Cc1ccc(C2=NC3=NC(c4ccc(C=O)cc4)=NC4=NC(c5ccc(C=O)cc5)=NC(=N2)N34)cc1.